The Labute approximate surface area is 229 Å². The van der Waals surface area contributed by atoms with Crippen molar-refractivity contribution in [2.75, 3.05) is 39.3 Å². The van der Waals surface area contributed by atoms with Gasteiger partial charge in [0.2, 0.25) is 0 Å². The largest absolute Gasteiger partial charge is 0.481 e. The third kappa shape index (κ3) is 7.39. The molecule has 7 nitrogen and oxygen atoms in total. The normalized spacial score (nSPS) is 21.4. The molecule has 224 valence electrons. The first-order valence-electron chi connectivity index (χ1n) is 13.5. The van der Waals surface area contributed by atoms with Gasteiger partial charge in [0, 0.05) is 32.7 Å². The van der Waals surface area contributed by atoms with Gasteiger partial charge in [-0.15, -0.1) is 0 Å². The molecule has 0 aromatic heterocycles. The molecule has 0 bridgehead atoms. The van der Waals surface area contributed by atoms with Crippen molar-refractivity contribution in [1.82, 2.24) is 14.7 Å². The summed E-state index contributed by atoms with van der Waals surface area (Å²) in [6, 6.07) is 6.35. The lowest BCUT2D eigenvalue weighted by atomic mass is 9.78. The average Bonchev–Trinajstić information content (AvgIpc) is 3.25. The number of carboxylic acids is 1. The summed E-state index contributed by atoms with van der Waals surface area (Å²) in [7, 11) is 0. The number of likely N-dealkylation sites (tertiary alicyclic amines) is 3. The lowest BCUT2D eigenvalue weighted by molar-refractivity contribution is -0.308. The van der Waals surface area contributed by atoms with E-state index in [-0.39, 0.29) is 24.4 Å². The number of hydrogen-bond donors (Lipinski definition) is 1. The number of carbonyl (C=O) groups excluding carboxylic acids is 1. The second-order valence-corrected chi connectivity index (χ2v) is 11.4. The van der Waals surface area contributed by atoms with Gasteiger partial charge in [-0.25, -0.2) is 4.79 Å². The molecule has 1 amide bonds. The molecule has 3 heterocycles. The summed E-state index contributed by atoms with van der Waals surface area (Å²) in [6.07, 6.45) is -14.1. The maximum absolute atomic E-state index is 12.8. The monoisotopic (exact) mass is 579 g/mol. The number of carboxylic acid groups (broad SMARTS) is 1. The molecule has 4 rings (SSSR count). The van der Waals surface area contributed by atoms with Crippen LogP contribution in [0.25, 0.3) is 0 Å². The van der Waals surface area contributed by atoms with Crippen LogP contribution in [0.2, 0.25) is 0 Å². The Morgan fingerprint density at radius 1 is 0.950 bits per heavy atom. The van der Waals surface area contributed by atoms with Crippen LogP contribution in [0.4, 0.5) is 31.1 Å². The molecule has 40 heavy (non-hydrogen) atoms. The molecular weight excluding hydrogens is 544 g/mol. The van der Waals surface area contributed by atoms with E-state index in [1.165, 1.54) is 5.56 Å². The molecule has 0 atom stereocenters. The van der Waals surface area contributed by atoms with Gasteiger partial charge in [0.05, 0.1) is 5.92 Å². The Morgan fingerprint density at radius 2 is 1.55 bits per heavy atom. The quantitative estimate of drug-likeness (QED) is 0.467. The van der Waals surface area contributed by atoms with Crippen LogP contribution in [0.15, 0.2) is 18.2 Å². The number of aliphatic carboxylic acids is 1. The topological polar surface area (TPSA) is 73.3 Å². The molecule has 3 saturated heterocycles. The van der Waals surface area contributed by atoms with E-state index in [0.717, 1.165) is 61.7 Å². The summed E-state index contributed by atoms with van der Waals surface area (Å²) in [4.78, 5) is 28.8. The van der Waals surface area contributed by atoms with Crippen LogP contribution in [0.3, 0.4) is 0 Å². The van der Waals surface area contributed by atoms with Crippen LogP contribution in [0, 0.1) is 18.3 Å². The standard InChI is InChI=1S/C27H35F6N3O4/c1-18-14-19(2-3-21(18)16-34-9-4-20(5-10-34)22(37)38)15-35-11-6-25(17-35)7-12-36(13-8-25)24(39)40-23(26(28,29)30)27(31,32)33/h2-3,14,20,23H,4-13,15-17H2,1H3,(H,37,38). The first-order valence-corrected chi connectivity index (χ1v) is 13.5. The molecule has 1 aromatic carbocycles. The summed E-state index contributed by atoms with van der Waals surface area (Å²) < 4.78 is 80.4. The Morgan fingerprint density at radius 3 is 2.10 bits per heavy atom. The Hall–Kier alpha value is -2.54. The van der Waals surface area contributed by atoms with Gasteiger partial charge in [-0.05, 0) is 80.8 Å². The second kappa shape index (κ2) is 11.8. The molecule has 0 radical (unpaired) electrons. The summed E-state index contributed by atoms with van der Waals surface area (Å²) in [5.41, 5.74) is 3.37. The highest BCUT2D eigenvalue weighted by molar-refractivity contribution is 5.70. The van der Waals surface area contributed by atoms with Gasteiger partial charge >= 0.3 is 24.4 Å². The Bertz CT molecular complexity index is 1050. The second-order valence-electron chi connectivity index (χ2n) is 11.4. The van der Waals surface area contributed by atoms with E-state index in [4.69, 9.17) is 0 Å². The fraction of sp³-hybridized carbons (Fsp3) is 0.704. The van der Waals surface area contributed by atoms with Crippen molar-refractivity contribution < 1.29 is 45.8 Å². The number of aryl methyl sites for hydroxylation is 1. The number of nitrogens with zero attached hydrogens (tertiary/aromatic N) is 3. The van der Waals surface area contributed by atoms with Crippen molar-refractivity contribution >= 4 is 12.1 Å². The maximum Gasteiger partial charge on any atom is 0.434 e. The summed E-state index contributed by atoms with van der Waals surface area (Å²) in [5.74, 6) is -0.988. The van der Waals surface area contributed by atoms with Crippen molar-refractivity contribution in [3.8, 4) is 0 Å². The number of alkyl halides is 6. The minimum absolute atomic E-state index is 0.0482. The molecule has 3 fully saturated rings. The van der Waals surface area contributed by atoms with Gasteiger partial charge in [-0.3, -0.25) is 14.6 Å². The molecule has 0 saturated carbocycles. The maximum atomic E-state index is 12.8. The van der Waals surface area contributed by atoms with Crippen molar-refractivity contribution in [1.29, 1.82) is 0 Å². The molecular formula is C27H35F6N3O4. The van der Waals surface area contributed by atoms with Gasteiger partial charge in [0.25, 0.3) is 6.10 Å². The third-order valence-electron chi connectivity index (χ3n) is 8.56. The van der Waals surface area contributed by atoms with Gasteiger partial charge in [0.15, 0.2) is 0 Å². The molecule has 1 spiro atoms. The molecule has 1 N–H and O–H groups in total. The lowest BCUT2D eigenvalue weighted by Gasteiger charge is -2.39. The van der Waals surface area contributed by atoms with E-state index in [1.807, 2.05) is 0 Å². The SMILES string of the molecule is Cc1cc(CN2CCC3(CCN(C(=O)OC(C(F)(F)F)C(F)(F)F)CC3)C2)ccc1CN1CCC(C(=O)O)CC1. The van der Waals surface area contributed by atoms with Crippen LogP contribution in [-0.4, -0.2) is 89.6 Å². The van der Waals surface area contributed by atoms with E-state index >= 15 is 0 Å². The number of benzene rings is 1. The summed E-state index contributed by atoms with van der Waals surface area (Å²) in [6.45, 7) is 6.72. The van der Waals surface area contributed by atoms with E-state index in [2.05, 4.69) is 39.7 Å². The van der Waals surface area contributed by atoms with Gasteiger partial charge < -0.3 is 14.7 Å². The zero-order valence-corrected chi connectivity index (χ0v) is 22.4. The van der Waals surface area contributed by atoms with E-state index < -0.39 is 30.5 Å². The van der Waals surface area contributed by atoms with Crippen LogP contribution < -0.4 is 0 Å². The zero-order valence-electron chi connectivity index (χ0n) is 22.4. The highest BCUT2D eigenvalue weighted by Crippen LogP contribution is 2.42. The fourth-order valence-corrected chi connectivity index (χ4v) is 6.10. The first kappa shape index (κ1) is 30.4. The van der Waals surface area contributed by atoms with Crippen molar-refractivity contribution in [2.45, 2.75) is 70.6 Å². The first-order chi connectivity index (χ1) is 18.6. The molecule has 13 heteroatoms. The summed E-state index contributed by atoms with van der Waals surface area (Å²) >= 11 is 0. The number of halogens is 6. The third-order valence-corrected chi connectivity index (χ3v) is 8.56. The highest BCUT2D eigenvalue weighted by atomic mass is 19.4. The fourth-order valence-electron chi connectivity index (χ4n) is 6.10. The zero-order chi connectivity index (χ0) is 29.3. The van der Waals surface area contributed by atoms with Crippen molar-refractivity contribution in [3.05, 3.63) is 34.9 Å². The highest BCUT2D eigenvalue weighted by Gasteiger charge is 2.60. The number of rotatable bonds is 6. The van der Waals surface area contributed by atoms with Crippen LogP contribution >= 0.6 is 0 Å². The Balaban J connectivity index is 1.25. The lowest BCUT2D eigenvalue weighted by Crippen LogP contribution is -2.50. The number of piperidine rings is 2. The predicted octanol–water partition coefficient (Wildman–Crippen LogP) is 5.21. The number of ether oxygens (including phenoxy) is 1. The van der Waals surface area contributed by atoms with Gasteiger partial charge in [-0.2, -0.15) is 26.3 Å². The van der Waals surface area contributed by atoms with E-state index in [1.54, 1.807) is 0 Å². The Kier molecular flexibility index (Phi) is 8.94. The number of hydrogen-bond acceptors (Lipinski definition) is 5. The van der Waals surface area contributed by atoms with Crippen LogP contribution in [0.5, 0.6) is 0 Å². The molecule has 0 unspecified atom stereocenters. The smallest absolute Gasteiger partial charge is 0.434 e. The molecule has 1 aromatic rings. The molecule has 3 aliphatic heterocycles. The van der Waals surface area contributed by atoms with Crippen LogP contribution in [0.1, 0.15) is 48.8 Å². The molecule has 3 aliphatic rings. The van der Waals surface area contributed by atoms with Crippen LogP contribution in [-0.2, 0) is 22.6 Å². The summed E-state index contributed by atoms with van der Waals surface area (Å²) in [5, 5.41) is 9.19. The van der Waals surface area contributed by atoms with Crippen molar-refractivity contribution in [2.24, 2.45) is 11.3 Å². The number of carbonyl (C=O) groups is 2. The number of amides is 1. The van der Waals surface area contributed by atoms with Crippen molar-refractivity contribution in [3.63, 3.8) is 0 Å². The van der Waals surface area contributed by atoms with E-state index in [9.17, 15) is 41.0 Å². The predicted molar refractivity (Wildman–Crippen MR) is 132 cm³/mol. The minimum atomic E-state index is -5.73. The average molecular weight is 580 g/mol. The minimum Gasteiger partial charge on any atom is -0.481 e. The molecule has 0 aliphatic carbocycles. The van der Waals surface area contributed by atoms with Gasteiger partial charge in [-0.1, -0.05) is 18.2 Å². The van der Waals surface area contributed by atoms with Gasteiger partial charge in [0.1, 0.15) is 0 Å². The van der Waals surface area contributed by atoms with E-state index in [0.29, 0.717) is 25.7 Å².